The number of rotatable bonds is 4. The van der Waals surface area contributed by atoms with Crippen molar-refractivity contribution < 1.29 is 13.2 Å². The number of sulfonamides is 1. The number of imidazole rings is 1. The molecule has 3 aromatic rings. The Hall–Kier alpha value is -2.71. The number of carbonyl (C=O) groups is 1. The van der Waals surface area contributed by atoms with E-state index in [1.54, 1.807) is 6.33 Å². The number of amides is 1. The van der Waals surface area contributed by atoms with Crippen LogP contribution in [0, 0.1) is 5.92 Å². The van der Waals surface area contributed by atoms with Crippen LogP contribution < -0.4 is 5.32 Å². The Morgan fingerprint density at radius 1 is 1.14 bits per heavy atom. The van der Waals surface area contributed by atoms with E-state index in [2.05, 4.69) is 10.3 Å². The van der Waals surface area contributed by atoms with Crippen molar-refractivity contribution in [3.63, 3.8) is 0 Å². The minimum atomic E-state index is -3.27. The van der Waals surface area contributed by atoms with Crippen LogP contribution in [0.3, 0.4) is 0 Å². The fourth-order valence-corrected chi connectivity index (χ4v) is 4.48. The SMILES string of the molecule is CS(=O)(=O)N1CCCC(C(=O)Nc2ccc(-n3cnc4ccccc43)cc2)C1. The van der Waals surface area contributed by atoms with Crippen molar-refractivity contribution >= 4 is 32.7 Å². The van der Waals surface area contributed by atoms with E-state index in [4.69, 9.17) is 0 Å². The molecule has 146 valence electrons. The van der Waals surface area contributed by atoms with E-state index in [1.165, 1.54) is 10.6 Å². The van der Waals surface area contributed by atoms with Crippen LogP contribution in [0.5, 0.6) is 0 Å². The molecule has 8 heteroatoms. The molecule has 1 atom stereocenters. The summed E-state index contributed by atoms with van der Waals surface area (Å²) in [5.74, 6) is -0.477. The molecule has 0 aliphatic carbocycles. The maximum atomic E-state index is 12.6. The monoisotopic (exact) mass is 398 g/mol. The van der Waals surface area contributed by atoms with Crippen LogP contribution in [-0.4, -0.2) is 47.5 Å². The lowest BCUT2D eigenvalue weighted by Crippen LogP contribution is -2.43. The van der Waals surface area contributed by atoms with Crippen LogP contribution in [0.15, 0.2) is 54.9 Å². The summed E-state index contributed by atoms with van der Waals surface area (Å²) in [6, 6.07) is 15.4. The summed E-state index contributed by atoms with van der Waals surface area (Å²) in [5.41, 5.74) is 3.58. The van der Waals surface area contributed by atoms with Crippen LogP contribution in [-0.2, 0) is 14.8 Å². The molecule has 7 nitrogen and oxygen atoms in total. The minimum Gasteiger partial charge on any atom is -0.326 e. The first kappa shape index (κ1) is 18.6. The van der Waals surface area contributed by atoms with Gasteiger partial charge in [-0.25, -0.2) is 17.7 Å². The van der Waals surface area contributed by atoms with Crippen LogP contribution in [0.1, 0.15) is 12.8 Å². The van der Waals surface area contributed by atoms with Crippen molar-refractivity contribution in [3.05, 3.63) is 54.9 Å². The van der Waals surface area contributed by atoms with Gasteiger partial charge in [0.25, 0.3) is 0 Å². The molecule has 1 fully saturated rings. The number of anilines is 1. The van der Waals surface area contributed by atoms with E-state index < -0.39 is 10.0 Å². The van der Waals surface area contributed by atoms with Gasteiger partial charge in [-0.15, -0.1) is 0 Å². The van der Waals surface area contributed by atoms with E-state index in [-0.39, 0.29) is 18.4 Å². The normalized spacial score (nSPS) is 18.2. The highest BCUT2D eigenvalue weighted by Gasteiger charge is 2.30. The average molecular weight is 398 g/mol. The molecule has 1 amide bonds. The Morgan fingerprint density at radius 2 is 1.89 bits per heavy atom. The average Bonchev–Trinajstić information content (AvgIpc) is 3.12. The van der Waals surface area contributed by atoms with Gasteiger partial charge < -0.3 is 5.32 Å². The fraction of sp³-hybridized carbons (Fsp3) is 0.300. The third-order valence-corrected chi connectivity index (χ3v) is 6.36. The van der Waals surface area contributed by atoms with Gasteiger partial charge >= 0.3 is 0 Å². The number of nitrogens with zero attached hydrogens (tertiary/aromatic N) is 3. The number of nitrogens with one attached hydrogen (secondary N) is 1. The third kappa shape index (κ3) is 3.79. The lowest BCUT2D eigenvalue weighted by molar-refractivity contribution is -0.120. The molecular weight excluding hydrogens is 376 g/mol. The van der Waals surface area contributed by atoms with Crippen LogP contribution >= 0.6 is 0 Å². The minimum absolute atomic E-state index is 0.144. The molecule has 1 aliphatic rings. The molecule has 0 saturated carbocycles. The van der Waals surface area contributed by atoms with Gasteiger partial charge in [0.1, 0.15) is 6.33 Å². The number of hydrogen-bond acceptors (Lipinski definition) is 4. The lowest BCUT2D eigenvalue weighted by Gasteiger charge is -2.30. The third-order valence-electron chi connectivity index (χ3n) is 5.09. The van der Waals surface area contributed by atoms with E-state index in [0.29, 0.717) is 25.1 Å². The summed E-state index contributed by atoms with van der Waals surface area (Å²) in [6.07, 6.45) is 4.35. The summed E-state index contributed by atoms with van der Waals surface area (Å²) >= 11 is 0. The van der Waals surface area contributed by atoms with Crippen molar-refractivity contribution in [3.8, 4) is 5.69 Å². The van der Waals surface area contributed by atoms with Crippen molar-refractivity contribution in [1.82, 2.24) is 13.9 Å². The first-order valence-electron chi connectivity index (χ1n) is 9.20. The van der Waals surface area contributed by atoms with Crippen molar-refractivity contribution in [2.24, 2.45) is 5.92 Å². The highest BCUT2D eigenvalue weighted by Crippen LogP contribution is 2.22. The first-order chi connectivity index (χ1) is 13.4. The molecule has 1 saturated heterocycles. The number of piperidine rings is 1. The molecule has 0 bridgehead atoms. The molecule has 2 aromatic carbocycles. The molecule has 1 aromatic heterocycles. The van der Waals surface area contributed by atoms with Gasteiger partial charge in [0.2, 0.25) is 15.9 Å². The largest absolute Gasteiger partial charge is 0.326 e. The van der Waals surface area contributed by atoms with Gasteiger partial charge in [-0.2, -0.15) is 0 Å². The predicted molar refractivity (Wildman–Crippen MR) is 109 cm³/mol. The van der Waals surface area contributed by atoms with Crippen LogP contribution in [0.4, 0.5) is 5.69 Å². The van der Waals surface area contributed by atoms with Crippen molar-refractivity contribution in [2.45, 2.75) is 12.8 Å². The second-order valence-electron chi connectivity index (χ2n) is 7.10. The number of fused-ring (bicyclic) bond motifs is 1. The molecule has 1 aliphatic heterocycles. The highest BCUT2D eigenvalue weighted by atomic mass is 32.2. The summed E-state index contributed by atoms with van der Waals surface area (Å²) < 4.78 is 26.9. The summed E-state index contributed by atoms with van der Waals surface area (Å²) in [4.78, 5) is 17.0. The number of benzene rings is 2. The number of aromatic nitrogens is 2. The number of carbonyl (C=O) groups excluding carboxylic acids is 1. The van der Waals surface area contributed by atoms with E-state index >= 15 is 0 Å². The number of para-hydroxylation sites is 2. The topological polar surface area (TPSA) is 84.3 Å². The zero-order valence-corrected chi connectivity index (χ0v) is 16.4. The first-order valence-corrected chi connectivity index (χ1v) is 11.1. The Morgan fingerprint density at radius 3 is 2.64 bits per heavy atom. The van der Waals surface area contributed by atoms with Crippen LogP contribution in [0.25, 0.3) is 16.7 Å². The van der Waals surface area contributed by atoms with Gasteiger partial charge in [0.05, 0.1) is 23.2 Å². The summed E-state index contributed by atoms with van der Waals surface area (Å²) in [7, 11) is -3.27. The Kier molecular flexibility index (Phi) is 4.91. The van der Waals surface area contributed by atoms with E-state index in [0.717, 1.165) is 16.7 Å². The predicted octanol–water partition coefficient (Wildman–Crippen LogP) is 2.64. The number of hydrogen-bond donors (Lipinski definition) is 1. The lowest BCUT2D eigenvalue weighted by atomic mass is 9.98. The zero-order chi connectivity index (χ0) is 19.7. The molecule has 4 rings (SSSR count). The molecule has 1 unspecified atom stereocenters. The summed E-state index contributed by atoms with van der Waals surface area (Å²) in [6.45, 7) is 0.722. The molecule has 2 heterocycles. The molecular formula is C20H22N4O3S. The highest BCUT2D eigenvalue weighted by molar-refractivity contribution is 7.88. The van der Waals surface area contributed by atoms with Crippen LogP contribution in [0.2, 0.25) is 0 Å². The Labute approximate surface area is 164 Å². The van der Waals surface area contributed by atoms with Crippen molar-refractivity contribution in [2.75, 3.05) is 24.7 Å². The zero-order valence-electron chi connectivity index (χ0n) is 15.6. The van der Waals surface area contributed by atoms with Gasteiger partial charge in [0.15, 0.2) is 0 Å². The van der Waals surface area contributed by atoms with E-state index in [1.807, 2.05) is 53.1 Å². The summed E-state index contributed by atoms with van der Waals surface area (Å²) in [5, 5.41) is 2.91. The second kappa shape index (κ2) is 7.37. The second-order valence-corrected chi connectivity index (χ2v) is 9.08. The Bertz CT molecular complexity index is 1110. The molecule has 1 N–H and O–H groups in total. The fourth-order valence-electron chi connectivity index (χ4n) is 3.57. The molecule has 0 spiro atoms. The van der Waals surface area contributed by atoms with Gasteiger partial charge in [-0.05, 0) is 49.2 Å². The molecule has 28 heavy (non-hydrogen) atoms. The molecule has 0 radical (unpaired) electrons. The van der Waals surface area contributed by atoms with Gasteiger partial charge in [-0.1, -0.05) is 12.1 Å². The van der Waals surface area contributed by atoms with Gasteiger partial charge in [0, 0.05) is 24.5 Å². The van der Waals surface area contributed by atoms with E-state index in [9.17, 15) is 13.2 Å². The smallest absolute Gasteiger partial charge is 0.228 e. The quantitative estimate of drug-likeness (QED) is 0.732. The maximum Gasteiger partial charge on any atom is 0.228 e. The van der Waals surface area contributed by atoms with Crippen molar-refractivity contribution in [1.29, 1.82) is 0 Å². The Balaban J connectivity index is 1.47. The van der Waals surface area contributed by atoms with Gasteiger partial charge in [-0.3, -0.25) is 9.36 Å². The standard InChI is InChI=1S/C20H22N4O3S/c1-28(26,27)23-12-4-5-15(13-23)20(25)22-16-8-10-17(11-9-16)24-14-21-18-6-2-3-7-19(18)24/h2-3,6-11,14-15H,4-5,12-13H2,1H3,(H,22,25). The maximum absolute atomic E-state index is 12.6.